The lowest BCUT2D eigenvalue weighted by Crippen LogP contribution is -2.20. The minimum absolute atomic E-state index is 0.139. The van der Waals surface area contributed by atoms with Crippen LogP contribution in [0.2, 0.25) is 0 Å². The minimum atomic E-state index is -3.80. The van der Waals surface area contributed by atoms with Crippen molar-refractivity contribution >= 4 is 21.5 Å². The summed E-state index contributed by atoms with van der Waals surface area (Å²) in [4.78, 5) is -0.139. The summed E-state index contributed by atoms with van der Waals surface area (Å²) in [5.74, 6) is -0.319. The second kappa shape index (κ2) is 3.71. The first-order valence-corrected chi connectivity index (χ1v) is 5.98. The van der Waals surface area contributed by atoms with Crippen molar-refractivity contribution in [3.05, 3.63) is 36.7 Å². The number of benzene rings is 1. The topological polar surface area (TPSA) is 58.5 Å². The first-order chi connectivity index (χ1) is 7.53. The molecule has 1 N–H and O–H groups in total. The Labute approximate surface area is 92.6 Å². The highest BCUT2D eigenvalue weighted by molar-refractivity contribution is 7.90. The standard InChI is InChI=1S/C10H9FN2O2S/c1-2-3-10-12-8-5-4-7(11)6-9(8)16(14,15)13-10/h2,4-6H,1,3H2,(H,12,13). The maximum atomic E-state index is 12.9. The van der Waals surface area contributed by atoms with Crippen LogP contribution in [0.3, 0.4) is 0 Å². The van der Waals surface area contributed by atoms with Gasteiger partial charge in [-0.2, -0.15) is 8.42 Å². The van der Waals surface area contributed by atoms with Crippen LogP contribution in [-0.2, 0) is 10.0 Å². The van der Waals surface area contributed by atoms with Crippen LogP contribution >= 0.6 is 0 Å². The Morgan fingerprint density at radius 3 is 2.94 bits per heavy atom. The van der Waals surface area contributed by atoms with E-state index in [1.807, 2.05) is 0 Å². The van der Waals surface area contributed by atoms with Gasteiger partial charge in [-0.1, -0.05) is 6.08 Å². The van der Waals surface area contributed by atoms with E-state index in [1.165, 1.54) is 18.2 Å². The van der Waals surface area contributed by atoms with Gasteiger partial charge in [0.2, 0.25) is 0 Å². The number of halogens is 1. The zero-order chi connectivity index (χ0) is 11.8. The van der Waals surface area contributed by atoms with Crippen LogP contribution < -0.4 is 5.32 Å². The van der Waals surface area contributed by atoms with E-state index in [0.717, 1.165) is 6.07 Å². The Balaban J connectivity index is 2.57. The van der Waals surface area contributed by atoms with Gasteiger partial charge in [0, 0.05) is 6.42 Å². The van der Waals surface area contributed by atoms with Gasteiger partial charge in [0.25, 0.3) is 10.0 Å². The van der Waals surface area contributed by atoms with Gasteiger partial charge in [-0.15, -0.1) is 11.0 Å². The van der Waals surface area contributed by atoms with Crippen molar-refractivity contribution in [2.45, 2.75) is 11.3 Å². The van der Waals surface area contributed by atoms with Crippen molar-refractivity contribution in [3.8, 4) is 0 Å². The quantitative estimate of drug-likeness (QED) is 0.803. The average molecular weight is 240 g/mol. The second-order valence-corrected chi connectivity index (χ2v) is 4.84. The number of hydrogen-bond donors (Lipinski definition) is 1. The van der Waals surface area contributed by atoms with Gasteiger partial charge in [-0.25, -0.2) is 4.39 Å². The molecule has 0 aliphatic carbocycles. The highest BCUT2D eigenvalue weighted by Gasteiger charge is 2.24. The number of fused-ring (bicyclic) bond motifs is 1. The van der Waals surface area contributed by atoms with Crippen molar-refractivity contribution in [2.24, 2.45) is 4.40 Å². The van der Waals surface area contributed by atoms with E-state index in [2.05, 4.69) is 16.3 Å². The Bertz CT molecular complexity index is 578. The molecule has 1 aromatic carbocycles. The highest BCUT2D eigenvalue weighted by Crippen LogP contribution is 2.28. The van der Waals surface area contributed by atoms with Crippen LogP contribution in [0.5, 0.6) is 0 Å². The minimum Gasteiger partial charge on any atom is -0.342 e. The van der Waals surface area contributed by atoms with Crippen molar-refractivity contribution in [2.75, 3.05) is 5.32 Å². The molecule has 0 radical (unpaired) electrons. The molecule has 0 atom stereocenters. The summed E-state index contributed by atoms with van der Waals surface area (Å²) >= 11 is 0. The Hall–Kier alpha value is -1.69. The Morgan fingerprint density at radius 2 is 2.25 bits per heavy atom. The van der Waals surface area contributed by atoms with Crippen molar-refractivity contribution in [3.63, 3.8) is 0 Å². The predicted molar refractivity (Wildman–Crippen MR) is 59.5 cm³/mol. The molecule has 1 aliphatic heterocycles. The first-order valence-electron chi connectivity index (χ1n) is 4.54. The van der Waals surface area contributed by atoms with E-state index in [9.17, 15) is 12.8 Å². The van der Waals surface area contributed by atoms with E-state index in [-0.39, 0.29) is 10.7 Å². The van der Waals surface area contributed by atoms with Gasteiger partial charge in [-0.05, 0) is 18.2 Å². The predicted octanol–water partition coefficient (Wildman–Crippen LogP) is 1.91. The molecule has 16 heavy (non-hydrogen) atoms. The molecule has 2 rings (SSSR count). The molecule has 0 saturated heterocycles. The fraction of sp³-hybridized carbons (Fsp3) is 0.100. The van der Waals surface area contributed by atoms with E-state index in [0.29, 0.717) is 12.1 Å². The van der Waals surface area contributed by atoms with Crippen LogP contribution in [-0.4, -0.2) is 14.3 Å². The maximum absolute atomic E-state index is 12.9. The number of amidine groups is 1. The fourth-order valence-corrected chi connectivity index (χ4v) is 2.58. The smallest absolute Gasteiger partial charge is 0.286 e. The lowest BCUT2D eigenvalue weighted by Gasteiger charge is -2.17. The zero-order valence-electron chi connectivity index (χ0n) is 8.27. The lowest BCUT2D eigenvalue weighted by atomic mass is 10.3. The maximum Gasteiger partial charge on any atom is 0.286 e. The SMILES string of the molecule is C=CCC1=NS(=O)(=O)c2cc(F)ccc2N1. The number of rotatable bonds is 2. The van der Waals surface area contributed by atoms with Gasteiger partial charge in [0.05, 0.1) is 5.69 Å². The normalized spacial score (nSPS) is 16.9. The molecule has 0 bridgehead atoms. The number of anilines is 1. The molecular weight excluding hydrogens is 231 g/mol. The van der Waals surface area contributed by atoms with Crippen molar-refractivity contribution in [1.29, 1.82) is 0 Å². The van der Waals surface area contributed by atoms with E-state index in [1.54, 1.807) is 0 Å². The second-order valence-electron chi connectivity index (χ2n) is 3.27. The Morgan fingerprint density at radius 1 is 1.50 bits per heavy atom. The molecule has 84 valence electrons. The third-order valence-electron chi connectivity index (χ3n) is 2.07. The summed E-state index contributed by atoms with van der Waals surface area (Å²) in [7, 11) is -3.80. The largest absolute Gasteiger partial charge is 0.342 e. The molecule has 1 aromatic rings. The van der Waals surface area contributed by atoms with Crippen molar-refractivity contribution < 1.29 is 12.8 Å². The average Bonchev–Trinajstić information content (AvgIpc) is 2.19. The third-order valence-corrected chi connectivity index (χ3v) is 3.42. The number of nitrogens with zero attached hydrogens (tertiary/aromatic N) is 1. The van der Waals surface area contributed by atoms with Gasteiger partial charge < -0.3 is 5.32 Å². The first kappa shape index (κ1) is 10.8. The number of hydrogen-bond acceptors (Lipinski definition) is 3. The molecule has 1 aliphatic rings. The van der Waals surface area contributed by atoms with Crippen LogP contribution in [0.1, 0.15) is 6.42 Å². The molecule has 0 aromatic heterocycles. The molecule has 0 unspecified atom stereocenters. The lowest BCUT2D eigenvalue weighted by molar-refractivity contribution is 0.592. The molecule has 6 heteroatoms. The molecule has 0 fully saturated rings. The molecule has 0 amide bonds. The van der Waals surface area contributed by atoms with Crippen LogP contribution in [0, 0.1) is 5.82 Å². The molecule has 4 nitrogen and oxygen atoms in total. The fourth-order valence-electron chi connectivity index (χ4n) is 1.41. The molecule has 0 saturated carbocycles. The third kappa shape index (κ3) is 1.83. The van der Waals surface area contributed by atoms with E-state index >= 15 is 0 Å². The van der Waals surface area contributed by atoms with Gasteiger partial charge >= 0.3 is 0 Å². The van der Waals surface area contributed by atoms with Gasteiger partial charge in [0.15, 0.2) is 0 Å². The molecular formula is C10H9FN2O2S. The van der Waals surface area contributed by atoms with Gasteiger partial charge in [-0.3, -0.25) is 0 Å². The molecule has 1 heterocycles. The van der Waals surface area contributed by atoms with Crippen molar-refractivity contribution in [1.82, 2.24) is 0 Å². The summed E-state index contributed by atoms with van der Waals surface area (Å²) in [6.07, 6.45) is 1.85. The number of sulfonamides is 1. The number of nitrogens with one attached hydrogen (secondary N) is 1. The monoisotopic (exact) mass is 240 g/mol. The van der Waals surface area contributed by atoms with E-state index in [4.69, 9.17) is 0 Å². The van der Waals surface area contributed by atoms with E-state index < -0.39 is 15.8 Å². The summed E-state index contributed by atoms with van der Waals surface area (Å²) < 4.78 is 39.8. The van der Waals surface area contributed by atoms with Crippen LogP contribution in [0.25, 0.3) is 0 Å². The summed E-state index contributed by atoms with van der Waals surface area (Å²) in [5, 5.41) is 2.81. The summed E-state index contributed by atoms with van der Waals surface area (Å²) in [6.45, 7) is 3.50. The van der Waals surface area contributed by atoms with Crippen LogP contribution in [0.4, 0.5) is 10.1 Å². The highest BCUT2D eigenvalue weighted by atomic mass is 32.2. The molecule has 0 spiro atoms. The van der Waals surface area contributed by atoms with Crippen LogP contribution in [0.15, 0.2) is 40.1 Å². The zero-order valence-corrected chi connectivity index (χ0v) is 9.09. The van der Waals surface area contributed by atoms with Gasteiger partial charge in [0.1, 0.15) is 16.5 Å². The summed E-state index contributed by atoms with van der Waals surface area (Å²) in [5.41, 5.74) is 0.341. The Kier molecular flexibility index (Phi) is 2.51. The summed E-state index contributed by atoms with van der Waals surface area (Å²) in [6, 6.07) is 3.52.